The summed E-state index contributed by atoms with van der Waals surface area (Å²) < 4.78 is 6.04. The summed E-state index contributed by atoms with van der Waals surface area (Å²) in [5.74, 6) is 0.0682. The number of aliphatic carboxylic acids is 1. The van der Waals surface area contributed by atoms with Gasteiger partial charge in [-0.1, -0.05) is 12.8 Å². The summed E-state index contributed by atoms with van der Waals surface area (Å²) in [6.07, 6.45) is 4.05. The van der Waals surface area contributed by atoms with Gasteiger partial charge in [0.15, 0.2) is 4.67 Å². The second-order valence-corrected chi connectivity index (χ2v) is 4.96. The van der Waals surface area contributed by atoms with Crippen molar-refractivity contribution in [3.05, 3.63) is 22.6 Å². The molecule has 0 saturated heterocycles. The Hall–Kier alpha value is -0.770. The monoisotopic (exact) mass is 272 g/mol. The quantitative estimate of drug-likeness (QED) is 0.919. The Balaban J connectivity index is 2.17. The fourth-order valence-electron chi connectivity index (χ4n) is 2.30. The zero-order chi connectivity index (χ0) is 10.9. The van der Waals surface area contributed by atoms with E-state index in [-0.39, 0.29) is 0 Å². The number of carbonyl (C=O) groups is 1. The number of carboxylic acids is 1. The molecular formula is C11H13BrO3. The topological polar surface area (TPSA) is 50.4 Å². The second kappa shape index (κ2) is 4.00. The molecule has 0 amide bonds. The van der Waals surface area contributed by atoms with Crippen LogP contribution in [0.5, 0.6) is 0 Å². The van der Waals surface area contributed by atoms with Gasteiger partial charge in [0.05, 0.1) is 5.41 Å². The Kier molecular flexibility index (Phi) is 2.87. The van der Waals surface area contributed by atoms with Gasteiger partial charge in [-0.15, -0.1) is 0 Å². The molecular weight excluding hydrogens is 260 g/mol. The summed E-state index contributed by atoms with van der Waals surface area (Å²) in [5.41, 5.74) is -0.586. The molecule has 1 heterocycles. The van der Waals surface area contributed by atoms with E-state index < -0.39 is 11.4 Å². The van der Waals surface area contributed by atoms with Crippen LogP contribution >= 0.6 is 15.9 Å². The third-order valence-electron chi connectivity index (χ3n) is 3.16. The molecule has 1 aromatic heterocycles. The number of halogens is 1. The molecule has 0 atom stereocenters. The first-order chi connectivity index (χ1) is 7.12. The minimum atomic E-state index is -0.687. The Bertz CT molecular complexity index is 364. The predicted octanol–water partition coefficient (Wildman–Crippen LogP) is 3.23. The maximum atomic E-state index is 11.3. The van der Waals surface area contributed by atoms with Gasteiger partial charge in [0, 0.05) is 6.42 Å². The average Bonchev–Trinajstić information content (AvgIpc) is 2.77. The molecule has 4 heteroatoms. The zero-order valence-electron chi connectivity index (χ0n) is 8.33. The maximum Gasteiger partial charge on any atom is 0.310 e. The normalized spacial score (nSPS) is 19.3. The van der Waals surface area contributed by atoms with Gasteiger partial charge in [-0.05, 0) is 40.9 Å². The van der Waals surface area contributed by atoms with Gasteiger partial charge in [-0.3, -0.25) is 4.79 Å². The van der Waals surface area contributed by atoms with E-state index in [9.17, 15) is 9.90 Å². The fourth-order valence-corrected chi connectivity index (χ4v) is 2.64. The van der Waals surface area contributed by atoms with Crippen molar-refractivity contribution >= 4 is 21.9 Å². The van der Waals surface area contributed by atoms with Gasteiger partial charge in [-0.2, -0.15) is 0 Å². The van der Waals surface area contributed by atoms with E-state index in [1.165, 1.54) is 0 Å². The Morgan fingerprint density at radius 3 is 2.60 bits per heavy atom. The summed E-state index contributed by atoms with van der Waals surface area (Å²) in [6, 6.07) is 3.65. The van der Waals surface area contributed by atoms with Gasteiger partial charge in [0.2, 0.25) is 0 Å². The van der Waals surface area contributed by atoms with E-state index in [2.05, 4.69) is 15.9 Å². The largest absolute Gasteiger partial charge is 0.481 e. The highest BCUT2D eigenvalue weighted by Gasteiger charge is 2.42. The summed E-state index contributed by atoms with van der Waals surface area (Å²) in [4.78, 5) is 11.3. The lowest BCUT2D eigenvalue weighted by Gasteiger charge is -2.22. The molecule has 1 N–H and O–H groups in total. The molecule has 3 nitrogen and oxygen atoms in total. The van der Waals surface area contributed by atoms with Crippen molar-refractivity contribution in [3.8, 4) is 0 Å². The molecule has 0 aliphatic heterocycles. The highest BCUT2D eigenvalue weighted by molar-refractivity contribution is 9.10. The lowest BCUT2D eigenvalue weighted by Crippen LogP contribution is -2.29. The summed E-state index contributed by atoms with van der Waals surface area (Å²) in [5, 5.41) is 9.28. The molecule has 1 fully saturated rings. The number of furan rings is 1. The molecule has 1 saturated carbocycles. The number of hydrogen-bond acceptors (Lipinski definition) is 2. The Morgan fingerprint density at radius 1 is 1.47 bits per heavy atom. The Labute approximate surface area is 96.6 Å². The van der Waals surface area contributed by atoms with Crippen LogP contribution in [0, 0.1) is 5.41 Å². The third kappa shape index (κ3) is 2.09. The molecule has 1 aliphatic carbocycles. The molecule has 82 valence electrons. The third-order valence-corrected chi connectivity index (χ3v) is 3.58. The van der Waals surface area contributed by atoms with Crippen LogP contribution in [0.1, 0.15) is 31.4 Å². The molecule has 15 heavy (non-hydrogen) atoms. The van der Waals surface area contributed by atoms with Crippen molar-refractivity contribution in [2.24, 2.45) is 5.41 Å². The van der Waals surface area contributed by atoms with Crippen LogP contribution in [0.2, 0.25) is 0 Å². The van der Waals surface area contributed by atoms with Crippen LogP contribution in [0.4, 0.5) is 0 Å². The van der Waals surface area contributed by atoms with E-state index in [4.69, 9.17) is 4.42 Å². The highest BCUT2D eigenvalue weighted by atomic mass is 79.9. The van der Waals surface area contributed by atoms with Crippen LogP contribution < -0.4 is 0 Å². The van der Waals surface area contributed by atoms with Crippen molar-refractivity contribution < 1.29 is 14.3 Å². The number of hydrogen-bond donors (Lipinski definition) is 1. The highest BCUT2D eigenvalue weighted by Crippen LogP contribution is 2.41. The van der Waals surface area contributed by atoms with Gasteiger partial charge in [-0.25, -0.2) is 0 Å². The van der Waals surface area contributed by atoms with Crippen molar-refractivity contribution in [3.63, 3.8) is 0 Å². The molecule has 1 aliphatic rings. The molecule has 0 radical (unpaired) electrons. The first-order valence-corrected chi connectivity index (χ1v) is 5.89. The molecule has 0 spiro atoms. The molecule has 2 rings (SSSR count). The average molecular weight is 273 g/mol. The van der Waals surface area contributed by atoms with Crippen molar-refractivity contribution in [1.29, 1.82) is 0 Å². The number of carboxylic acid groups (broad SMARTS) is 1. The van der Waals surface area contributed by atoms with Crippen LogP contribution in [0.25, 0.3) is 0 Å². The van der Waals surface area contributed by atoms with E-state index in [1.807, 2.05) is 6.07 Å². The zero-order valence-corrected chi connectivity index (χ0v) is 9.92. The summed E-state index contributed by atoms with van der Waals surface area (Å²) >= 11 is 3.22. The van der Waals surface area contributed by atoms with E-state index in [0.717, 1.165) is 31.4 Å². The first-order valence-electron chi connectivity index (χ1n) is 5.10. The smallest absolute Gasteiger partial charge is 0.310 e. The Morgan fingerprint density at radius 2 is 2.13 bits per heavy atom. The molecule has 1 aromatic rings. The van der Waals surface area contributed by atoms with E-state index >= 15 is 0 Å². The van der Waals surface area contributed by atoms with Crippen LogP contribution in [-0.4, -0.2) is 11.1 Å². The minimum absolute atomic E-state index is 0.508. The van der Waals surface area contributed by atoms with Crippen molar-refractivity contribution in [2.75, 3.05) is 0 Å². The standard InChI is InChI=1S/C11H13BrO3/c12-9-4-3-8(15-9)7-11(10(13)14)5-1-2-6-11/h3-4H,1-2,5-7H2,(H,13,14). The second-order valence-electron chi connectivity index (χ2n) is 4.18. The van der Waals surface area contributed by atoms with Gasteiger partial charge < -0.3 is 9.52 Å². The van der Waals surface area contributed by atoms with Crippen molar-refractivity contribution in [2.45, 2.75) is 32.1 Å². The van der Waals surface area contributed by atoms with Gasteiger partial charge in [0.25, 0.3) is 0 Å². The maximum absolute atomic E-state index is 11.3. The van der Waals surface area contributed by atoms with Gasteiger partial charge >= 0.3 is 5.97 Å². The van der Waals surface area contributed by atoms with Crippen LogP contribution in [0.15, 0.2) is 21.2 Å². The predicted molar refractivity (Wildman–Crippen MR) is 58.6 cm³/mol. The first kappa shape index (κ1) is 10.7. The molecule has 0 bridgehead atoms. The van der Waals surface area contributed by atoms with Crippen LogP contribution in [0.3, 0.4) is 0 Å². The molecule has 0 aromatic carbocycles. The minimum Gasteiger partial charge on any atom is -0.481 e. The summed E-state index contributed by atoms with van der Waals surface area (Å²) in [6.45, 7) is 0. The van der Waals surface area contributed by atoms with Crippen LogP contribution in [-0.2, 0) is 11.2 Å². The lowest BCUT2D eigenvalue weighted by molar-refractivity contribution is -0.148. The van der Waals surface area contributed by atoms with Gasteiger partial charge in [0.1, 0.15) is 5.76 Å². The summed E-state index contributed by atoms with van der Waals surface area (Å²) in [7, 11) is 0. The number of rotatable bonds is 3. The van der Waals surface area contributed by atoms with E-state index in [0.29, 0.717) is 11.1 Å². The fraction of sp³-hybridized carbons (Fsp3) is 0.545. The van der Waals surface area contributed by atoms with E-state index in [1.54, 1.807) is 6.07 Å². The molecule has 0 unspecified atom stereocenters. The SMILES string of the molecule is O=C(O)C1(Cc2ccc(Br)o2)CCCC1. The van der Waals surface area contributed by atoms with Crippen molar-refractivity contribution in [1.82, 2.24) is 0 Å². The lowest BCUT2D eigenvalue weighted by atomic mass is 9.82.